The van der Waals surface area contributed by atoms with Crippen LogP contribution in [0.2, 0.25) is 5.02 Å². The van der Waals surface area contributed by atoms with Crippen molar-refractivity contribution in [1.82, 2.24) is 19.9 Å². The lowest BCUT2D eigenvalue weighted by atomic mass is 9.85. The molecule has 3 aromatic rings. The van der Waals surface area contributed by atoms with E-state index in [1.54, 1.807) is 48.7 Å². The summed E-state index contributed by atoms with van der Waals surface area (Å²) >= 11 is 6.15. The first kappa shape index (κ1) is 35.1. The van der Waals surface area contributed by atoms with Crippen LogP contribution in [0.4, 0.5) is 14.9 Å². The molecule has 1 aliphatic heterocycles. The Morgan fingerprint density at radius 1 is 1.11 bits per heavy atom. The number of sulfonamides is 1. The van der Waals surface area contributed by atoms with Crippen molar-refractivity contribution in [2.45, 2.75) is 50.2 Å². The van der Waals surface area contributed by atoms with Crippen molar-refractivity contribution in [2.75, 3.05) is 38.9 Å². The molecule has 0 saturated carbocycles. The van der Waals surface area contributed by atoms with Gasteiger partial charge in [0.05, 0.1) is 20.5 Å². The van der Waals surface area contributed by atoms with Gasteiger partial charge in [-0.15, -0.1) is 0 Å². The van der Waals surface area contributed by atoms with Crippen LogP contribution in [0.15, 0.2) is 60.8 Å². The summed E-state index contributed by atoms with van der Waals surface area (Å²) in [7, 11) is -0.761. The molecule has 0 unspecified atom stereocenters. The number of ether oxygens (including phenoxy) is 2. The molecule has 4 atom stereocenters. The van der Waals surface area contributed by atoms with Crippen molar-refractivity contribution < 1.29 is 31.9 Å². The smallest absolute Gasteiger partial charge is 0.407 e. The number of hydrogen-bond donors (Lipinski definition) is 3. The second-order valence-electron chi connectivity index (χ2n) is 11.2. The van der Waals surface area contributed by atoms with Gasteiger partial charge in [0.1, 0.15) is 11.9 Å². The minimum absolute atomic E-state index is 0.203. The van der Waals surface area contributed by atoms with Crippen LogP contribution in [-0.2, 0) is 26.0 Å². The molecule has 14 heteroatoms. The van der Waals surface area contributed by atoms with Crippen molar-refractivity contribution in [3.63, 3.8) is 0 Å². The van der Waals surface area contributed by atoms with E-state index in [9.17, 15) is 18.0 Å². The first-order valence-electron chi connectivity index (χ1n) is 14.8. The zero-order valence-electron chi connectivity index (χ0n) is 26.1. The number of carbonyl (C=O) groups is 2. The summed E-state index contributed by atoms with van der Waals surface area (Å²) in [5.74, 6) is -1.53. The average Bonchev–Trinajstić information content (AvgIpc) is 3.02. The summed E-state index contributed by atoms with van der Waals surface area (Å²) in [6.45, 7) is 2.89. The molecule has 0 radical (unpaired) electrons. The Kier molecular flexibility index (Phi) is 12.0. The highest BCUT2D eigenvalue weighted by atomic mass is 35.5. The fourth-order valence-corrected chi connectivity index (χ4v) is 7.49. The number of rotatable bonds is 12. The zero-order valence-corrected chi connectivity index (χ0v) is 27.7. The molecule has 1 fully saturated rings. The molecule has 0 aliphatic carbocycles. The molecule has 1 saturated heterocycles. The molecule has 1 aromatic heterocycles. The van der Waals surface area contributed by atoms with Crippen LogP contribution in [-0.4, -0.2) is 81.4 Å². The van der Waals surface area contributed by atoms with Crippen LogP contribution in [0.3, 0.4) is 0 Å². The lowest BCUT2D eigenvalue weighted by Gasteiger charge is -2.39. The summed E-state index contributed by atoms with van der Waals surface area (Å²) in [4.78, 5) is 30.9. The van der Waals surface area contributed by atoms with Gasteiger partial charge in [-0.25, -0.2) is 22.6 Å². The third-order valence-electron chi connectivity index (χ3n) is 7.97. The van der Waals surface area contributed by atoms with Crippen molar-refractivity contribution in [1.29, 1.82) is 0 Å². The minimum Gasteiger partial charge on any atom is -0.481 e. The Labute approximate surface area is 273 Å². The van der Waals surface area contributed by atoms with Gasteiger partial charge in [-0.3, -0.25) is 4.79 Å². The van der Waals surface area contributed by atoms with Crippen molar-refractivity contribution in [3.05, 3.63) is 88.3 Å². The maximum absolute atomic E-state index is 15.3. The molecule has 4 rings (SSSR count). The molecule has 1 aliphatic rings. The van der Waals surface area contributed by atoms with Crippen LogP contribution >= 0.6 is 11.6 Å². The number of hydrogen-bond acceptors (Lipinski definition) is 8. The van der Waals surface area contributed by atoms with Crippen LogP contribution in [0, 0.1) is 5.82 Å². The highest BCUT2D eigenvalue weighted by Gasteiger charge is 2.35. The molecule has 11 nitrogen and oxygen atoms in total. The SMILES string of the molecule is COC(=O)N[C@H](C(=O)Nc1cccc(F)c1CCC[C@H]1CNC[C@H](C)N1S(C)(=O)=O)[C@@H](c1ccc(Cl)cc1)c1ccc(OC)nc1. The van der Waals surface area contributed by atoms with Gasteiger partial charge in [-0.1, -0.05) is 35.9 Å². The maximum atomic E-state index is 15.3. The van der Waals surface area contributed by atoms with E-state index in [1.807, 2.05) is 6.92 Å². The van der Waals surface area contributed by atoms with Crippen molar-refractivity contribution >= 4 is 39.3 Å². The largest absolute Gasteiger partial charge is 0.481 e. The molecule has 2 amide bonds. The van der Waals surface area contributed by atoms with Crippen LogP contribution < -0.4 is 20.7 Å². The Morgan fingerprint density at radius 2 is 1.83 bits per heavy atom. The lowest BCUT2D eigenvalue weighted by Crippen LogP contribution is -2.57. The van der Waals surface area contributed by atoms with Crippen molar-refractivity contribution in [3.8, 4) is 5.88 Å². The number of methoxy groups -OCH3 is 2. The zero-order chi connectivity index (χ0) is 33.4. The highest BCUT2D eigenvalue weighted by Crippen LogP contribution is 2.32. The van der Waals surface area contributed by atoms with Crippen molar-refractivity contribution in [2.24, 2.45) is 0 Å². The van der Waals surface area contributed by atoms with E-state index in [2.05, 4.69) is 20.9 Å². The Balaban J connectivity index is 1.62. The first-order valence-corrected chi connectivity index (χ1v) is 17.0. The summed E-state index contributed by atoms with van der Waals surface area (Å²) in [6.07, 6.45) is 3.09. The second kappa shape index (κ2) is 15.7. The van der Waals surface area contributed by atoms with Crippen LogP contribution in [0.1, 0.15) is 42.4 Å². The third-order valence-corrected chi connectivity index (χ3v) is 9.64. The summed E-state index contributed by atoms with van der Waals surface area (Å²) in [5.41, 5.74) is 1.74. The summed E-state index contributed by atoms with van der Waals surface area (Å²) < 4.78 is 51.8. The Hall–Kier alpha value is -3.78. The number of carbonyl (C=O) groups excluding carboxylic acids is 2. The predicted octanol–water partition coefficient (Wildman–Crippen LogP) is 4.32. The van der Waals surface area contributed by atoms with E-state index >= 15 is 4.39 Å². The van der Waals surface area contributed by atoms with E-state index in [4.69, 9.17) is 21.1 Å². The number of aromatic nitrogens is 1. The fraction of sp³-hybridized carbons (Fsp3) is 0.406. The molecule has 2 heterocycles. The van der Waals surface area contributed by atoms with Gasteiger partial charge in [0, 0.05) is 59.6 Å². The molecular weight excluding hydrogens is 637 g/mol. The number of pyridine rings is 1. The number of nitrogens with one attached hydrogen (secondary N) is 3. The quantitative estimate of drug-likeness (QED) is 0.258. The number of benzene rings is 2. The van der Waals surface area contributed by atoms with Crippen LogP contribution in [0.25, 0.3) is 0 Å². The summed E-state index contributed by atoms with van der Waals surface area (Å²) in [6, 6.07) is 12.9. The molecular formula is C32H39ClFN5O6S. The predicted molar refractivity (Wildman–Crippen MR) is 174 cm³/mol. The molecule has 0 spiro atoms. The molecule has 3 N–H and O–H groups in total. The van der Waals surface area contributed by atoms with E-state index in [1.165, 1.54) is 36.9 Å². The lowest BCUT2D eigenvalue weighted by molar-refractivity contribution is -0.118. The number of alkyl carbamates (subject to hydrolysis) is 1. The molecule has 248 valence electrons. The summed E-state index contributed by atoms with van der Waals surface area (Å²) in [5, 5.41) is 9.22. The monoisotopic (exact) mass is 675 g/mol. The molecule has 46 heavy (non-hydrogen) atoms. The van der Waals surface area contributed by atoms with Gasteiger partial charge < -0.3 is 25.4 Å². The highest BCUT2D eigenvalue weighted by molar-refractivity contribution is 7.88. The van der Waals surface area contributed by atoms with Gasteiger partial charge in [0.15, 0.2) is 0 Å². The van der Waals surface area contributed by atoms with Gasteiger partial charge in [0.25, 0.3) is 0 Å². The second-order valence-corrected chi connectivity index (χ2v) is 13.5. The first-order chi connectivity index (χ1) is 21.9. The average molecular weight is 676 g/mol. The molecule has 0 bridgehead atoms. The van der Waals surface area contributed by atoms with Gasteiger partial charge in [0.2, 0.25) is 21.8 Å². The normalized spacial score (nSPS) is 18.3. The van der Waals surface area contributed by atoms with E-state index in [0.29, 0.717) is 48.0 Å². The standard InChI is InChI=1S/C32H39ClFN5O6S/c1-20-17-35-19-24(39(20)46(4,42)43)7-5-8-25-26(34)9-6-10-27(25)37-31(40)30(38-32(41)45-3)29(21-11-14-23(33)15-12-21)22-13-16-28(44-2)36-18-22/h6,9-16,18,20,24,29-30,35H,5,7-8,17,19H2,1-4H3,(H,37,40)(H,38,41)/t20-,24-,29-,30-/m0/s1. The van der Waals surface area contributed by atoms with E-state index < -0.39 is 39.8 Å². The fourth-order valence-electron chi connectivity index (χ4n) is 5.91. The number of anilines is 1. The van der Waals surface area contributed by atoms with E-state index in [-0.39, 0.29) is 29.8 Å². The third kappa shape index (κ3) is 8.72. The number of nitrogens with zero attached hydrogens (tertiary/aromatic N) is 2. The Morgan fingerprint density at radius 3 is 2.46 bits per heavy atom. The topological polar surface area (TPSA) is 139 Å². The van der Waals surface area contributed by atoms with Crippen LogP contribution in [0.5, 0.6) is 5.88 Å². The van der Waals surface area contributed by atoms with Gasteiger partial charge in [-0.05, 0) is 61.6 Å². The minimum atomic E-state index is -3.43. The number of halogens is 2. The Bertz CT molecular complexity index is 1610. The maximum Gasteiger partial charge on any atom is 0.407 e. The van der Waals surface area contributed by atoms with Gasteiger partial charge in [-0.2, -0.15) is 4.31 Å². The van der Waals surface area contributed by atoms with E-state index in [0.717, 1.165) is 0 Å². The molecule has 2 aromatic carbocycles. The van der Waals surface area contributed by atoms with Gasteiger partial charge >= 0.3 is 6.09 Å². The number of piperazine rings is 1. The number of amides is 2.